The van der Waals surface area contributed by atoms with E-state index in [-0.39, 0.29) is 18.4 Å². The summed E-state index contributed by atoms with van der Waals surface area (Å²) in [5.74, 6) is 0.531. The molecule has 5 nitrogen and oxygen atoms in total. The van der Waals surface area contributed by atoms with Crippen molar-refractivity contribution in [2.24, 2.45) is 0 Å². The van der Waals surface area contributed by atoms with Gasteiger partial charge in [0.1, 0.15) is 12.4 Å². The molecule has 1 unspecified atom stereocenters. The van der Waals surface area contributed by atoms with Crippen molar-refractivity contribution in [3.05, 3.63) is 36.4 Å². The zero-order valence-corrected chi connectivity index (χ0v) is 12.1. The topological polar surface area (TPSA) is 81.4 Å². The Bertz CT molecular complexity index is 570. The Morgan fingerprint density at radius 3 is 2.90 bits per heavy atom. The Balaban J connectivity index is 1.78. The van der Waals surface area contributed by atoms with Crippen LogP contribution in [-0.2, 0) is 10.0 Å². The quantitative estimate of drug-likeness (QED) is 0.618. The van der Waals surface area contributed by atoms with Gasteiger partial charge in [0.25, 0.3) is 0 Å². The number of sulfonamides is 1. The molecule has 0 saturated heterocycles. The minimum Gasteiger partial charge on any atom is -0.492 e. The van der Waals surface area contributed by atoms with Gasteiger partial charge in [0, 0.05) is 17.8 Å². The van der Waals surface area contributed by atoms with E-state index in [2.05, 4.69) is 10.8 Å². The Hall–Kier alpha value is -1.53. The van der Waals surface area contributed by atoms with Crippen LogP contribution in [0, 0.1) is 0 Å². The zero-order chi connectivity index (χ0) is 14.4. The number of nitrogens with one attached hydrogen (secondary N) is 1. The predicted octanol–water partition coefficient (Wildman–Crippen LogP) is 1.68. The summed E-state index contributed by atoms with van der Waals surface area (Å²) >= 11 is 0. The average molecular weight is 296 g/mol. The molecule has 1 aliphatic rings. The second-order valence-electron chi connectivity index (χ2n) is 4.84. The van der Waals surface area contributed by atoms with Crippen molar-refractivity contribution >= 4 is 15.7 Å². The molecule has 3 N–H and O–H groups in total. The van der Waals surface area contributed by atoms with Crippen molar-refractivity contribution in [2.75, 3.05) is 18.1 Å². The van der Waals surface area contributed by atoms with Crippen LogP contribution in [0.5, 0.6) is 5.75 Å². The summed E-state index contributed by atoms with van der Waals surface area (Å²) in [6, 6.07) is 6.96. The smallest absolute Gasteiger partial charge is 0.215 e. The molecule has 1 atom stereocenters. The van der Waals surface area contributed by atoms with Crippen molar-refractivity contribution in [3.63, 3.8) is 0 Å². The number of benzene rings is 1. The number of hydrogen-bond acceptors (Lipinski definition) is 4. The van der Waals surface area contributed by atoms with Gasteiger partial charge >= 0.3 is 0 Å². The minimum atomic E-state index is -3.30. The Morgan fingerprint density at radius 1 is 1.35 bits per heavy atom. The summed E-state index contributed by atoms with van der Waals surface area (Å²) in [6.45, 7) is 0.112. The maximum atomic E-state index is 11.9. The van der Waals surface area contributed by atoms with Crippen molar-refractivity contribution in [2.45, 2.75) is 25.3 Å². The minimum absolute atomic E-state index is 0.0115. The van der Waals surface area contributed by atoms with E-state index in [0.29, 0.717) is 11.4 Å². The van der Waals surface area contributed by atoms with Gasteiger partial charge in [-0.2, -0.15) is 0 Å². The highest BCUT2D eigenvalue weighted by atomic mass is 32.2. The molecule has 110 valence electrons. The van der Waals surface area contributed by atoms with E-state index in [9.17, 15) is 8.42 Å². The molecule has 20 heavy (non-hydrogen) atoms. The highest BCUT2D eigenvalue weighted by Crippen LogP contribution is 2.15. The molecular formula is C14H20N2O3S. The molecule has 0 fully saturated rings. The molecule has 1 aromatic rings. The Labute approximate surface area is 119 Å². The largest absolute Gasteiger partial charge is 0.492 e. The molecule has 0 spiro atoms. The summed E-state index contributed by atoms with van der Waals surface area (Å²) in [6.07, 6.45) is 6.63. The van der Waals surface area contributed by atoms with Crippen LogP contribution in [0.4, 0.5) is 5.69 Å². The second-order valence-corrected chi connectivity index (χ2v) is 6.71. The second kappa shape index (κ2) is 6.76. The van der Waals surface area contributed by atoms with Crippen LogP contribution < -0.4 is 15.2 Å². The third-order valence-electron chi connectivity index (χ3n) is 3.09. The van der Waals surface area contributed by atoms with E-state index in [0.717, 1.165) is 19.3 Å². The van der Waals surface area contributed by atoms with E-state index in [1.54, 1.807) is 24.3 Å². The van der Waals surface area contributed by atoms with Crippen LogP contribution >= 0.6 is 0 Å². The van der Waals surface area contributed by atoms with Crippen molar-refractivity contribution in [3.8, 4) is 5.75 Å². The Morgan fingerprint density at radius 2 is 2.20 bits per heavy atom. The number of anilines is 1. The number of nitrogens with two attached hydrogens (primary N) is 1. The van der Waals surface area contributed by atoms with Gasteiger partial charge in [-0.1, -0.05) is 18.2 Å². The normalized spacial score (nSPS) is 18.9. The summed E-state index contributed by atoms with van der Waals surface area (Å²) < 4.78 is 31.9. The van der Waals surface area contributed by atoms with Crippen LogP contribution in [0.25, 0.3) is 0 Å². The van der Waals surface area contributed by atoms with Crippen molar-refractivity contribution < 1.29 is 13.2 Å². The first-order chi connectivity index (χ1) is 9.55. The molecule has 0 heterocycles. The lowest BCUT2D eigenvalue weighted by atomic mass is 10.0. The van der Waals surface area contributed by atoms with Crippen LogP contribution in [0.1, 0.15) is 19.3 Å². The molecule has 2 rings (SSSR count). The summed E-state index contributed by atoms with van der Waals surface area (Å²) in [4.78, 5) is 0. The molecule has 1 aromatic carbocycles. The SMILES string of the molecule is Nc1cccc(OCCS(=O)(=O)NC2CC=CCC2)c1. The highest BCUT2D eigenvalue weighted by Gasteiger charge is 2.18. The highest BCUT2D eigenvalue weighted by molar-refractivity contribution is 7.89. The van der Waals surface area contributed by atoms with E-state index < -0.39 is 10.0 Å². The van der Waals surface area contributed by atoms with E-state index >= 15 is 0 Å². The number of rotatable bonds is 6. The Kier molecular flexibility index (Phi) is 5.03. The van der Waals surface area contributed by atoms with Gasteiger partial charge in [-0.05, 0) is 31.4 Å². The van der Waals surface area contributed by atoms with Crippen LogP contribution in [-0.4, -0.2) is 26.8 Å². The van der Waals surface area contributed by atoms with Crippen LogP contribution in [0.15, 0.2) is 36.4 Å². The maximum Gasteiger partial charge on any atom is 0.215 e. The van der Waals surface area contributed by atoms with Crippen molar-refractivity contribution in [1.82, 2.24) is 4.72 Å². The fourth-order valence-electron chi connectivity index (χ4n) is 2.09. The summed E-state index contributed by atoms with van der Waals surface area (Å²) in [7, 11) is -3.30. The van der Waals surface area contributed by atoms with Gasteiger partial charge < -0.3 is 10.5 Å². The van der Waals surface area contributed by atoms with Crippen LogP contribution in [0.3, 0.4) is 0 Å². The summed E-state index contributed by atoms with van der Waals surface area (Å²) in [5, 5.41) is 0. The van der Waals surface area contributed by atoms with Crippen molar-refractivity contribution in [1.29, 1.82) is 0 Å². The molecule has 0 amide bonds. The first-order valence-electron chi connectivity index (χ1n) is 6.68. The molecule has 0 aliphatic heterocycles. The van der Waals surface area contributed by atoms with Gasteiger partial charge in [0.2, 0.25) is 10.0 Å². The number of allylic oxidation sites excluding steroid dienone is 1. The molecule has 1 aliphatic carbocycles. The van der Waals surface area contributed by atoms with Crippen LogP contribution in [0.2, 0.25) is 0 Å². The van der Waals surface area contributed by atoms with Gasteiger partial charge in [-0.3, -0.25) is 0 Å². The molecular weight excluding hydrogens is 276 g/mol. The molecule has 0 aromatic heterocycles. The van der Waals surface area contributed by atoms with Gasteiger partial charge in [0.05, 0.1) is 5.75 Å². The third kappa shape index (κ3) is 4.86. The zero-order valence-electron chi connectivity index (χ0n) is 11.3. The lowest BCUT2D eigenvalue weighted by Gasteiger charge is -2.19. The lowest BCUT2D eigenvalue weighted by Crippen LogP contribution is -2.38. The van der Waals surface area contributed by atoms with E-state index in [4.69, 9.17) is 10.5 Å². The fourth-order valence-corrected chi connectivity index (χ4v) is 3.23. The van der Waals surface area contributed by atoms with Gasteiger partial charge in [0.15, 0.2) is 0 Å². The van der Waals surface area contributed by atoms with E-state index in [1.165, 1.54) is 0 Å². The average Bonchev–Trinajstić information content (AvgIpc) is 2.39. The molecule has 6 heteroatoms. The number of ether oxygens (including phenoxy) is 1. The molecule has 0 bridgehead atoms. The summed E-state index contributed by atoms with van der Waals surface area (Å²) in [5.41, 5.74) is 6.22. The standard InChI is InChI=1S/C14H20N2O3S/c15-12-5-4-8-14(11-12)19-9-10-20(17,18)16-13-6-2-1-3-7-13/h1-2,4-5,8,11,13,16H,3,6-7,9-10,15H2. The number of nitrogen functional groups attached to an aromatic ring is 1. The lowest BCUT2D eigenvalue weighted by molar-refractivity contribution is 0.340. The monoisotopic (exact) mass is 296 g/mol. The fraction of sp³-hybridized carbons (Fsp3) is 0.429. The third-order valence-corrected chi connectivity index (χ3v) is 4.49. The van der Waals surface area contributed by atoms with Gasteiger partial charge in [-0.15, -0.1) is 0 Å². The molecule has 0 saturated carbocycles. The van der Waals surface area contributed by atoms with Gasteiger partial charge in [-0.25, -0.2) is 13.1 Å². The first kappa shape index (κ1) is 14.9. The first-order valence-corrected chi connectivity index (χ1v) is 8.34. The van der Waals surface area contributed by atoms with E-state index in [1.807, 2.05) is 6.08 Å². The number of hydrogen-bond donors (Lipinski definition) is 2. The maximum absolute atomic E-state index is 11.9. The predicted molar refractivity (Wildman–Crippen MR) is 80.1 cm³/mol. The molecule has 0 radical (unpaired) electrons.